The molecule has 1 N–H and O–H groups in total. The first kappa shape index (κ1) is 13.9. The van der Waals surface area contributed by atoms with Crippen molar-refractivity contribution >= 4 is 22.2 Å². The first-order chi connectivity index (χ1) is 7.91. The van der Waals surface area contributed by atoms with Crippen LogP contribution in [0.25, 0.3) is 0 Å². The van der Waals surface area contributed by atoms with Crippen LogP contribution in [-0.2, 0) is 19.6 Å². The lowest BCUT2D eigenvalue weighted by molar-refractivity contribution is -0.147. The third-order valence-corrected chi connectivity index (χ3v) is 4.81. The van der Waals surface area contributed by atoms with Crippen LogP contribution in [0.4, 0.5) is 0 Å². The lowest BCUT2D eigenvalue weighted by Gasteiger charge is -2.28. The highest BCUT2D eigenvalue weighted by Crippen LogP contribution is 2.30. The van der Waals surface area contributed by atoms with E-state index in [2.05, 4.69) is 9.71 Å². The number of hydrogen-bond acceptors (Lipinski definition) is 5. The van der Waals surface area contributed by atoms with Crippen molar-refractivity contribution in [3.8, 4) is 0 Å². The van der Waals surface area contributed by atoms with Gasteiger partial charge in [-0.1, -0.05) is 0 Å². The van der Waals surface area contributed by atoms with Gasteiger partial charge < -0.3 is 4.74 Å². The number of ether oxygens (including phenoxy) is 1. The molecule has 0 radical (unpaired) electrons. The van der Waals surface area contributed by atoms with E-state index in [-0.39, 0.29) is 6.61 Å². The van der Waals surface area contributed by atoms with E-state index in [4.69, 9.17) is 4.74 Å². The Morgan fingerprint density at radius 3 is 2.65 bits per heavy atom. The molecule has 7 heteroatoms. The number of nitrogens with zero attached hydrogens (tertiary/aromatic N) is 1. The molecule has 96 valence electrons. The minimum atomic E-state index is -3.71. The van der Waals surface area contributed by atoms with Crippen LogP contribution in [0.15, 0.2) is 17.3 Å². The van der Waals surface area contributed by atoms with E-state index in [1.165, 1.54) is 32.5 Å². The summed E-state index contributed by atoms with van der Waals surface area (Å²) in [5.41, 5.74) is 0. The maximum atomic E-state index is 12.0. The molecule has 0 spiro atoms. The van der Waals surface area contributed by atoms with Gasteiger partial charge in [0.05, 0.1) is 12.5 Å². The second kappa shape index (κ2) is 4.97. The van der Waals surface area contributed by atoms with Crippen molar-refractivity contribution in [2.75, 3.05) is 13.7 Å². The molecule has 2 atom stereocenters. The molecule has 1 heterocycles. The molecule has 0 bridgehead atoms. The Bertz CT molecular complexity index is 441. The quantitative estimate of drug-likeness (QED) is 0.709. The highest BCUT2D eigenvalue weighted by atomic mass is 32.2. The van der Waals surface area contributed by atoms with Crippen LogP contribution in [0, 0.1) is 5.92 Å². The molecule has 0 aromatic rings. The number of carbonyl (C=O) groups is 1. The largest absolute Gasteiger partial charge is 0.466 e. The van der Waals surface area contributed by atoms with Crippen LogP contribution in [0.1, 0.15) is 13.8 Å². The number of sulfonamides is 1. The smallest absolute Gasteiger partial charge is 0.311 e. The van der Waals surface area contributed by atoms with E-state index >= 15 is 0 Å². The molecule has 0 saturated carbocycles. The molecule has 0 aromatic heterocycles. The third kappa shape index (κ3) is 2.25. The number of rotatable bonds is 5. The van der Waals surface area contributed by atoms with Gasteiger partial charge in [0.1, 0.15) is 0 Å². The normalized spacial score (nSPS) is 24.9. The van der Waals surface area contributed by atoms with Gasteiger partial charge in [-0.2, -0.15) is 0 Å². The zero-order chi connectivity index (χ0) is 13.1. The highest BCUT2D eigenvalue weighted by Gasteiger charge is 2.49. The molecule has 0 aromatic carbocycles. The van der Waals surface area contributed by atoms with Crippen LogP contribution in [0.3, 0.4) is 0 Å². The average molecular weight is 260 g/mol. The van der Waals surface area contributed by atoms with Gasteiger partial charge >= 0.3 is 5.97 Å². The minimum absolute atomic E-state index is 0.208. The monoisotopic (exact) mass is 260 g/mol. The van der Waals surface area contributed by atoms with Crippen LogP contribution in [0.2, 0.25) is 0 Å². The number of nitrogens with one attached hydrogen (secondary N) is 1. The molecule has 2 unspecified atom stereocenters. The fraction of sp³-hybridized carbons (Fsp3) is 0.600. The predicted molar refractivity (Wildman–Crippen MR) is 64.1 cm³/mol. The van der Waals surface area contributed by atoms with Crippen molar-refractivity contribution in [3.05, 3.63) is 12.3 Å². The molecular formula is C10H16N2O4S. The Kier molecular flexibility index (Phi) is 4.05. The number of carbonyl (C=O) groups excluding carboxylic acids is 1. The van der Waals surface area contributed by atoms with E-state index in [9.17, 15) is 13.2 Å². The van der Waals surface area contributed by atoms with Crippen LogP contribution in [-0.4, -0.2) is 39.0 Å². The molecule has 6 nitrogen and oxygen atoms in total. The maximum absolute atomic E-state index is 12.0. The van der Waals surface area contributed by atoms with Crippen molar-refractivity contribution in [2.24, 2.45) is 10.9 Å². The van der Waals surface area contributed by atoms with Gasteiger partial charge in [-0.3, -0.25) is 9.79 Å². The zero-order valence-electron chi connectivity index (χ0n) is 10.0. The van der Waals surface area contributed by atoms with Gasteiger partial charge in [0.2, 0.25) is 10.0 Å². The van der Waals surface area contributed by atoms with Crippen molar-refractivity contribution in [3.63, 3.8) is 0 Å². The second-order valence-electron chi connectivity index (χ2n) is 3.63. The summed E-state index contributed by atoms with van der Waals surface area (Å²) in [5, 5.41) is 0. The second-order valence-corrected chi connectivity index (χ2v) is 5.75. The fourth-order valence-corrected chi connectivity index (χ4v) is 2.99. The first-order valence-electron chi connectivity index (χ1n) is 5.23. The molecule has 1 aliphatic heterocycles. The highest BCUT2D eigenvalue weighted by molar-refractivity contribution is 7.91. The van der Waals surface area contributed by atoms with Gasteiger partial charge in [0.15, 0.2) is 4.75 Å². The molecular weight excluding hydrogens is 244 g/mol. The van der Waals surface area contributed by atoms with E-state index < -0.39 is 26.7 Å². The molecule has 0 fully saturated rings. The Morgan fingerprint density at radius 2 is 2.24 bits per heavy atom. The predicted octanol–water partition coefficient (Wildman–Crippen LogP) is 0.0717. The maximum Gasteiger partial charge on any atom is 0.311 e. The van der Waals surface area contributed by atoms with Crippen molar-refractivity contribution in [1.82, 2.24) is 4.72 Å². The molecule has 1 rings (SSSR count). The molecule has 0 aliphatic carbocycles. The summed E-state index contributed by atoms with van der Waals surface area (Å²) in [6.07, 6.45) is 4.01. The Balaban J connectivity index is 3.16. The summed E-state index contributed by atoms with van der Waals surface area (Å²) in [6.45, 7) is 3.39. The SMILES string of the molecule is CCOC(=O)C(C)C1(S(=O)(=O)NC)C=CN=C1. The fourth-order valence-electron chi connectivity index (χ4n) is 1.64. The summed E-state index contributed by atoms with van der Waals surface area (Å²) in [6, 6.07) is 0. The summed E-state index contributed by atoms with van der Waals surface area (Å²) in [7, 11) is -2.41. The number of hydrogen-bond donors (Lipinski definition) is 1. The molecule has 1 aliphatic rings. The van der Waals surface area contributed by atoms with Gasteiger partial charge in [-0.05, 0) is 27.0 Å². The van der Waals surface area contributed by atoms with E-state index in [0.717, 1.165) is 0 Å². The summed E-state index contributed by atoms with van der Waals surface area (Å²) in [5.74, 6) is -1.42. The van der Waals surface area contributed by atoms with Gasteiger partial charge in [0, 0.05) is 12.4 Å². The summed E-state index contributed by atoms with van der Waals surface area (Å²) in [4.78, 5) is 15.5. The van der Waals surface area contributed by atoms with E-state index in [1.807, 2.05) is 0 Å². The van der Waals surface area contributed by atoms with Crippen LogP contribution in [0.5, 0.6) is 0 Å². The number of aliphatic imine (C=N–C) groups is 1. The van der Waals surface area contributed by atoms with Gasteiger partial charge in [-0.25, -0.2) is 13.1 Å². The van der Waals surface area contributed by atoms with Crippen LogP contribution < -0.4 is 4.72 Å². The van der Waals surface area contributed by atoms with Crippen molar-refractivity contribution < 1.29 is 17.9 Å². The first-order valence-corrected chi connectivity index (χ1v) is 6.71. The zero-order valence-corrected chi connectivity index (χ0v) is 10.8. The Hall–Kier alpha value is -1.21. The lowest BCUT2D eigenvalue weighted by Crippen LogP contribution is -2.51. The van der Waals surface area contributed by atoms with E-state index in [0.29, 0.717) is 0 Å². The topological polar surface area (TPSA) is 84.8 Å². The molecule has 0 amide bonds. The average Bonchev–Trinajstić information content (AvgIpc) is 2.79. The Labute approximate surface area is 101 Å². The standard InChI is InChI=1S/C10H16N2O4S/c1-4-16-9(13)8(2)10(5-6-12-7-10)17(14,15)11-3/h5-8,11H,4H2,1-3H3. The van der Waals surface area contributed by atoms with Gasteiger partial charge in [0.25, 0.3) is 0 Å². The summed E-state index contributed by atoms with van der Waals surface area (Å²) >= 11 is 0. The van der Waals surface area contributed by atoms with Crippen LogP contribution >= 0.6 is 0 Å². The van der Waals surface area contributed by atoms with Crippen molar-refractivity contribution in [2.45, 2.75) is 18.6 Å². The van der Waals surface area contributed by atoms with Crippen molar-refractivity contribution in [1.29, 1.82) is 0 Å². The summed E-state index contributed by atoms with van der Waals surface area (Å²) < 4.78 is 29.6. The van der Waals surface area contributed by atoms with Gasteiger partial charge in [-0.15, -0.1) is 0 Å². The lowest BCUT2D eigenvalue weighted by atomic mass is 9.95. The van der Waals surface area contributed by atoms with E-state index in [1.54, 1.807) is 6.92 Å². The Morgan fingerprint density at radius 1 is 1.59 bits per heavy atom. The minimum Gasteiger partial charge on any atom is -0.466 e. The number of esters is 1. The third-order valence-electron chi connectivity index (χ3n) is 2.75. The molecule has 0 saturated heterocycles. The molecule has 17 heavy (non-hydrogen) atoms.